The standard InChI is InChI=1S/C25H20FNO3/c1-2-25(28)30-15-3-14-29-22-11-8-19(9-12-22)21-10-13-23(24(26)16-21)20-6-4-18(17-27)5-7-20/h2,4-13,16H,1,3,14-15H2. The molecule has 0 amide bonds. The molecule has 0 fully saturated rings. The van der Waals surface area contributed by atoms with Crippen LogP contribution in [0.3, 0.4) is 0 Å². The van der Waals surface area contributed by atoms with Gasteiger partial charge in [-0.15, -0.1) is 0 Å². The van der Waals surface area contributed by atoms with Crippen LogP contribution in [0.1, 0.15) is 12.0 Å². The Balaban J connectivity index is 1.62. The van der Waals surface area contributed by atoms with E-state index in [4.69, 9.17) is 14.7 Å². The van der Waals surface area contributed by atoms with Gasteiger partial charge in [0.15, 0.2) is 0 Å². The van der Waals surface area contributed by atoms with E-state index in [1.807, 2.05) is 30.3 Å². The van der Waals surface area contributed by atoms with Gasteiger partial charge < -0.3 is 9.47 Å². The molecule has 0 bridgehead atoms. The first-order valence-electron chi connectivity index (χ1n) is 9.43. The topological polar surface area (TPSA) is 59.3 Å². The molecule has 150 valence electrons. The summed E-state index contributed by atoms with van der Waals surface area (Å²) in [5.74, 6) is -0.0909. The fourth-order valence-electron chi connectivity index (χ4n) is 2.88. The van der Waals surface area contributed by atoms with Crippen molar-refractivity contribution in [2.24, 2.45) is 0 Å². The minimum Gasteiger partial charge on any atom is -0.493 e. The van der Waals surface area contributed by atoms with E-state index in [-0.39, 0.29) is 12.4 Å². The first-order valence-corrected chi connectivity index (χ1v) is 9.43. The fraction of sp³-hybridized carbons (Fsp3) is 0.120. The summed E-state index contributed by atoms with van der Waals surface area (Å²) in [4.78, 5) is 10.9. The summed E-state index contributed by atoms with van der Waals surface area (Å²) < 4.78 is 25.2. The van der Waals surface area contributed by atoms with Crippen molar-refractivity contribution in [1.82, 2.24) is 0 Å². The van der Waals surface area contributed by atoms with Crippen LogP contribution in [0.25, 0.3) is 22.3 Å². The molecule has 3 aromatic rings. The Morgan fingerprint density at radius 2 is 1.63 bits per heavy atom. The highest BCUT2D eigenvalue weighted by Crippen LogP contribution is 2.29. The van der Waals surface area contributed by atoms with Gasteiger partial charge in [0.1, 0.15) is 11.6 Å². The third-order valence-electron chi connectivity index (χ3n) is 4.45. The van der Waals surface area contributed by atoms with Crippen LogP contribution in [0.5, 0.6) is 5.75 Å². The first kappa shape index (κ1) is 20.8. The predicted molar refractivity (Wildman–Crippen MR) is 113 cm³/mol. The van der Waals surface area contributed by atoms with E-state index in [9.17, 15) is 9.18 Å². The van der Waals surface area contributed by atoms with Gasteiger partial charge in [-0.2, -0.15) is 5.26 Å². The van der Waals surface area contributed by atoms with Crippen LogP contribution < -0.4 is 4.74 Å². The average Bonchev–Trinajstić information content (AvgIpc) is 2.79. The molecule has 0 aliphatic carbocycles. The molecule has 0 atom stereocenters. The Kier molecular flexibility index (Phi) is 6.96. The number of hydrogen-bond acceptors (Lipinski definition) is 4. The van der Waals surface area contributed by atoms with Crippen LogP contribution in [0.2, 0.25) is 0 Å². The van der Waals surface area contributed by atoms with E-state index in [1.165, 1.54) is 6.07 Å². The summed E-state index contributed by atoms with van der Waals surface area (Å²) in [7, 11) is 0. The van der Waals surface area contributed by atoms with Crippen LogP contribution >= 0.6 is 0 Å². The smallest absolute Gasteiger partial charge is 0.330 e. The van der Waals surface area contributed by atoms with Gasteiger partial charge in [-0.1, -0.05) is 43.0 Å². The summed E-state index contributed by atoms with van der Waals surface area (Å²) in [5.41, 5.74) is 3.37. The van der Waals surface area contributed by atoms with E-state index in [0.29, 0.717) is 29.9 Å². The number of nitriles is 1. The normalized spacial score (nSPS) is 10.1. The van der Waals surface area contributed by atoms with Crippen molar-refractivity contribution in [2.75, 3.05) is 13.2 Å². The Hall–Kier alpha value is -3.91. The monoisotopic (exact) mass is 401 g/mol. The number of ether oxygens (including phenoxy) is 2. The van der Waals surface area contributed by atoms with E-state index < -0.39 is 5.97 Å². The maximum Gasteiger partial charge on any atom is 0.330 e. The number of esters is 1. The summed E-state index contributed by atoms with van der Waals surface area (Å²) in [6, 6.07) is 21.3. The lowest BCUT2D eigenvalue weighted by atomic mass is 9.99. The summed E-state index contributed by atoms with van der Waals surface area (Å²) in [6.45, 7) is 4.02. The minimum absolute atomic E-state index is 0.272. The Morgan fingerprint density at radius 3 is 2.27 bits per heavy atom. The van der Waals surface area contributed by atoms with Gasteiger partial charge in [-0.3, -0.25) is 0 Å². The molecule has 30 heavy (non-hydrogen) atoms. The molecule has 0 saturated carbocycles. The molecule has 0 saturated heterocycles. The van der Waals surface area contributed by atoms with Crippen molar-refractivity contribution in [3.63, 3.8) is 0 Å². The van der Waals surface area contributed by atoms with Crippen LogP contribution in [-0.4, -0.2) is 19.2 Å². The van der Waals surface area contributed by atoms with E-state index in [0.717, 1.165) is 22.8 Å². The molecule has 0 aliphatic rings. The molecule has 0 heterocycles. The lowest BCUT2D eigenvalue weighted by Crippen LogP contribution is -2.06. The molecule has 0 radical (unpaired) electrons. The summed E-state index contributed by atoms with van der Waals surface area (Å²) in [6.07, 6.45) is 1.70. The van der Waals surface area contributed by atoms with Crippen molar-refractivity contribution >= 4 is 5.97 Å². The van der Waals surface area contributed by atoms with E-state index >= 15 is 0 Å². The lowest BCUT2D eigenvalue weighted by Gasteiger charge is -2.09. The maximum atomic E-state index is 14.7. The highest BCUT2D eigenvalue weighted by Gasteiger charge is 2.08. The molecule has 0 unspecified atom stereocenters. The SMILES string of the molecule is C=CC(=O)OCCCOc1ccc(-c2ccc(-c3ccc(C#N)cc3)c(F)c2)cc1. The average molecular weight is 401 g/mol. The molecule has 4 nitrogen and oxygen atoms in total. The van der Waals surface area contributed by atoms with Gasteiger partial charge >= 0.3 is 5.97 Å². The number of nitrogens with zero attached hydrogens (tertiary/aromatic N) is 1. The molecule has 0 aliphatic heterocycles. The van der Waals surface area contributed by atoms with Crippen molar-refractivity contribution in [3.8, 4) is 34.1 Å². The van der Waals surface area contributed by atoms with Crippen LogP contribution in [0.4, 0.5) is 4.39 Å². The van der Waals surface area contributed by atoms with Crippen LogP contribution in [0, 0.1) is 17.1 Å². The van der Waals surface area contributed by atoms with Crippen molar-refractivity contribution < 1.29 is 18.7 Å². The van der Waals surface area contributed by atoms with E-state index in [2.05, 4.69) is 12.6 Å². The quantitative estimate of drug-likeness (QED) is 0.283. The number of benzene rings is 3. The third kappa shape index (κ3) is 5.33. The minimum atomic E-state index is -0.447. The summed E-state index contributed by atoms with van der Waals surface area (Å²) in [5, 5.41) is 8.88. The highest BCUT2D eigenvalue weighted by atomic mass is 19.1. The zero-order valence-corrected chi connectivity index (χ0v) is 16.3. The second kappa shape index (κ2) is 10.0. The van der Waals surface area contributed by atoms with E-state index in [1.54, 1.807) is 30.3 Å². The molecular formula is C25H20FNO3. The van der Waals surface area contributed by atoms with Gasteiger partial charge in [-0.25, -0.2) is 9.18 Å². The third-order valence-corrected chi connectivity index (χ3v) is 4.45. The second-order valence-corrected chi connectivity index (χ2v) is 6.48. The van der Waals surface area contributed by atoms with Gasteiger partial charge in [0.2, 0.25) is 0 Å². The Labute approximate surface area is 174 Å². The van der Waals surface area contributed by atoms with Crippen molar-refractivity contribution in [3.05, 3.63) is 90.8 Å². The Morgan fingerprint density at radius 1 is 0.967 bits per heavy atom. The molecule has 3 aromatic carbocycles. The van der Waals surface area contributed by atoms with Gasteiger partial charge in [-0.05, 0) is 47.0 Å². The van der Waals surface area contributed by atoms with Crippen molar-refractivity contribution in [1.29, 1.82) is 5.26 Å². The van der Waals surface area contributed by atoms with Gasteiger partial charge in [0.25, 0.3) is 0 Å². The number of carbonyl (C=O) groups excluding carboxylic acids is 1. The molecule has 5 heteroatoms. The number of halogens is 1. The van der Waals surface area contributed by atoms with Gasteiger partial charge in [0.05, 0.1) is 24.8 Å². The number of rotatable bonds is 8. The fourth-order valence-corrected chi connectivity index (χ4v) is 2.88. The zero-order valence-electron chi connectivity index (χ0n) is 16.3. The zero-order chi connectivity index (χ0) is 21.3. The van der Waals surface area contributed by atoms with Crippen LogP contribution in [-0.2, 0) is 9.53 Å². The first-order chi connectivity index (χ1) is 14.6. The number of carbonyl (C=O) groups is 1. The Bertz CT molecular complexity index is 1070. The summed E-state index contributed by atoms with van der Waals surface area (Å²) >= 11 is 0. The second-order valence-electron chi connectivity index (χ2n) is 6.48. The van der Waals surface area contributed by atoms with Crippen molar-refractivity contribution in [2.45, 2.75) is 6.42 Å². The van der Waals surface area contributed by atoms with Crippen LogP contribution in [0.15, 0.2) is 79.4 Å². The lowest BCUT2D eigenvalue weighted by molar-refractivity contribution is -0.137. The maximum absolute atomic E-state index is 14.7. The molecular weight excluding hydrogens is 381 g/mol. The molecule has 3 rings (SSSR count). The van der Waals surface area contributed by atoms with Gasteiger partial charge in [0, 0.05) is 18.1 Å². The molecule has 0 N–H and O–H groups in total. The number of hydrogen-bond donors (Lipinski definition) is 0. The predicted octanol–water partition coefficient (Wildman–Crippen LogP) is 5.53. The molecule has 0 aromatic heterocycles. The highest BCUT2D eigenvalue weighted by molar-refractivity contribution is 5.81. The largest absolute Gasteiger partial charge is 0.493 e. The molecule has 0 spiro atoms.